The SMILES string of the molecule is COc1ccccc1-c1csc2nc(NC(=O)CCC(=O)c3ccccc3)nn12. The number of nitrogens with one attached hydrogen (secondary N) is 1. The molecule has 1 amide bonds. The summed E-state index contributed by atoms with van der Waals surface area (Å²) in [6.07, 6.45) is 0.199. The lowest BCUT2D eigenvalue weighted by Gasteiger charge is -2.06. The second kappa shape index (κ2) is 8.24. The summed E-state index contributed by atoms with van der Waals surface area (Å²) in [6, 6.07) is 16.6. The van der Waals surface area contributed by atoms with Crippen LogP contribution in [0.1, 0.15) is 23.2 Å². The third kappa shape index (κ3) is 4.02. The first-order valence-corrected chi connectivity index (χ1v) is 9.89. The van der Waals surface area contributed by atoms with Crippen molar-refractivity contribution in [2.45, 2.75) is 12.8 Å². The van der Waals surface area contributed by atoms with Gasteiger partial charge in [0.15, 0.2) is 5.78 Å². The van der Waals surface area contributed by atoms with Crippen molar-refractivity contribution >= 4 is 33.9 Å². The number of anilines is 1. The Balaban J connectivity index is 1.46. The van der Waals surface area contributed by atoms with Crippen molar-refractivity contribution in [1.29, 1.82) is 0 Å². The number of benzene rings is 2. The summed E-state index contributed by atoms with van der Waals surface area (Å²) in [5.74, 6) is 0.572. The van der Waals surface area contributed by atoms with Crippen molar-refractivity contribution in [2.24, 2.45) is 0 Å². The van der Waals surface area contributed by atoms with Crippen molar-refractivity contribution in [1.82, 2.24) is 14.6 Å². The summed E-state index contributed by atoms with van der Waals surface area (Å²) in [7, 11) is 1.62. The first-order chi connectivity index (χ1) is 14.2. The number of ketones is 1. The van der Waals surface area contributed by atoms with Crippen LogP contribution in [0.15, 0.2) is 60.0 Å². The van der Waals surface area contributed by atoms with Gasteiger partial charge in [0.1, 0.15) is 5.75 Å². The van der Waals surface area contributed by atoms with Crippen LogP contribution in [0.2, 0.25) is 0 Å². The highest BCUT2D eigenvalue weighted by Crippen LogP contribution is 2.32. The van der Waals surface area contributed by atoms with Crippen LogP contribution in [0.4, 0.5) is 5.95 Å². The molecule has 0 bridgehead atoms. The van der Waals surface area contributed by atoms with Gasteiger partial charge in [0.2, 0.25) is 16.8 Å². The normalized spacial score (nSPS) is 10.8. The van der Waals surface area contributed by atoms with Gasteiger partial charge in [-0.1, -0.05) is 42.5 Å². The maximum Gasteiger partial charge on any atom is 0.250 e. The quantitative estimate of drug-likeness (QED) is 0.468. The van der Waals surface area contributed by atoms with Gasteiger partial charge in [0, 0.05) is 29.3 Å². The smallest absolute Gasteiger partial charge is 0.250 e. The number of nitrogens with zero attached hydrogens (tertiary/aromatic N) is 3. The second-order valence-corrected chi connectivity index (χ2v) is 7.12. The topological polar surface area (TPSA) is 85.6 Å². The van der Waals surface area contributed by atoms with Crippen LogP contribution in [0, 0.1) is 0 Å². The summed E-state index contributed by atoms with van der Waals surface area (Å²) >= 11 is 1.42. The number of hydrogen-bond donors (Lipinski definition) is 1. The van der Waals surface area contributed by atoms with E-state index in [1.807, 2.05) is 35.7 Å². The minimum absolute atomic E-state index is 0.0694. The summed E-state index contributed by atoms with van der Waals surface area (Å²) in [5, 5.41) is 9.01. The summed E-state index contributed by atoms with van der Waals surface area (Å²) in [6.45, 7) is 0. The molecule has 0 aliphatic rings. The Kier molecular flexibility index (Phi) is 5.35. The lowest BCUT2D eigenvalue weighted by atomic mass is 10.1. The van der Waals surface area contributed by atoms with Gasteiger partial charge in [-0.05, 0) is 12.1 Å². The van der Waals surface area contributed by atoms with Gasteiger partial charge < -0.3 is 4.74 Å². The highest BCUT2D eigenvalue weighted by Gasteiger charge is 2.16. The molecule has 4 rings (SSSR count). The number of carbonyl (C=O) groups excluding carboxylic acids is 2. The molecule has 8 heteroatoms. The molecule has 0 saturated carbocycles. The third-order valence-electron chi connectivity index (χ3n) is 4.39. The monoisotopic (exact) mass is 406 g/mol. The molecule has 0 spiro atoms. The molecule has 0 aliphatic carbocycles. The lowest BCUT2D eigenvalue weighted by molar-refractivity contribution is -0.116. The molecule has 7 nitrogen and oxygen atoms in total. The second-order valence-electron chi connectivity index (χ2n) is 6.29. The zero-order chi connectivity index (χ0) is 20.2. The van der Waals surface area contributed by atoms with E-state index < -0.39 is 0 Å². The Morgan fingerprint density at radius 1 is 1.07 bits per heavy atom. The molecule has 0 saturated heterocycles. The van der Waals surface area contributed by atoms with Gasteiger partial charge in [-0.25, -0.2) is 4.52 Å². The molecule has 0 fully saturated rings. The number of Topliss-reactive ketones (excluding diaryl/α,β-unsaturated/α-hetero) is 1. The van der Waals surface area contributed by atoms with Gasteiger partial charge in [0.05, 0.1) is 12.8 Å². The average molecular weight is 406 g/mol. The van der Waals surface area contributed by atoms with Gasteiger partial charge in [-0.2, -0.15) is 4.98 Å². The van der Waals surface area contributed by atoms with Crippen LogP contribution in [0.5, 0.6) is 5.75 Å². The van der Waals surface area contributed by atoms with Crippen LogP contribution in [-0.4, -0.2) is 33.4 Å². The summed E-state index contributed by atoms with van der Waals surface area (Å²) in [4.78, 5) is 29.4. The first kappa shape index (κ1) is 18.8. The molecule has 2 aromatic carbocycles. The third-order valence-corrected chi connectivity index (χ3v) is 5.21. The van der Waals surface area contributed by atoms with Gasteiger partial charge >= 0.3 is 0 Å². The minimum Gasteiger partial charge on any atom is -0.496 e. The Bertz CT molecular complexity index is 1170. The Hall–Kier alpha value is -3.52. The van der Waals surface area contributed by atoms with Crippen LogP contribution in [0.25, 0.3) is 16.2 Å². The number of thiazole rings is 1. The summed E-state index contributed by atoms with van der Waals surface area (Å²) in [5.41, 5.74) is 2.31. The fourth-order valence-electron chi connectivity index (χ4n) is 2.96. The minimum atomic E-state index is -0.300. The zero-order valence-corrected chi connectivity index (χ0v) is 16.5. The number of para-hydroxylation sites is 1. The van der Waals surface area contributed by atoms with Crippen LogP contribution < -0.4 is 10.1 Å². The molecule has 0 radical (unpaired) electrons. The maximum absolute atomic E-state index is 12.2. The van der Waals surface area contributed by atoms with Gasteiger partial charge in [0.25, 0.3) is 0 Å². The number of hydrogen-bond acceptors (Lipinski definition) is 6. The molecular weight excluding hydrogens is 388 g/mol. The number of fused-ring (bicyclic) bond motifs is 1. The van der Waals surface area contributed by atoms with Crippen LogP contribution >= 0.6 is 11.3 Å². The molecule has 0 unspecified atom stereocenters. The number of rotatable bonds is 7. The van der Waals surface area contributed by atoms with Crippen molar-refractivity contribution < 1.29 is 14.3 Å². The van der Waals surface area contributed by atoms with E-state index in [-0.39, 0.29) is 30.5 Å². The highest BCUT2D eigenvalue weighted by molar-refractivity contribution is 7.15. The van der Waals surface area contributed by atoms with Crippen molar-refractivity contribution in [3.8, 4) is 17.0 Å². The van der Waals surface area contributed by atoms with E-state index in [0.29, 0.717) is 10.5 Å². The molecule has 2 heterocycles. The van der Waals surface area contributed by atoms with E-state index in [1.54, 1.807) is 35.9 Å². The first-order valence-electron chi connectivity index (χ1n) is 9.01. The largest absolute Gasteiger partial charge is 0.496 e. The molecule has 2 aromatic heterocycles. The van der Waals surface area contributed by atoms with E-state index in [1.165, 1.54) is 11.3 Å². The Morgan fingerprint density at radius 3 is 2.62 bits per heavy atom. The fourth-order valence-corrected chi connectivity index (χ4v) is 3.78. The Morgan fingerprint density at radius 2 is 1.83 bits per heavy atom. The molecule has 0 atom stereocenters. The van der Waals surface area contributed by atoms with E-state index in [9.17, 15) is 9.59 Å². The molecule has 1 N–H and O–H groups in total. The van der Waals surface area contributed by atoms with Crippen LogP contribution in [-0.2, 0) is 4.79 Å². The van der Waals surface area contributed by atoms with Gasteiger partial charge in [-0.3, -0.25) is 14.9 Å². The number of methoxy groups -OCH3 is 1. The Labute approximate surface area is 171 Å². The van der Waals surface area contributed by atoms with Gasteiger partial charge in [-0.15, -0.1) is 16.4 Å². The van der Waals surface area contributed by atoms with Crippen LogP contribution in [0.3, 0.4) is 0 Å². The van der Waals surface area contributed by atoms with Crippen molar-refractivity contribution in [3.63, 3.8) is 0 Å². The fraction of sp³-hybridized carbons (Fsp3) is 0.143. The highest BCUT2D eigenvalue weighted by atomic mass is 32.1. The zero-order valence-electron chi connectivity index (χ0n) is 15.7. The molecular formula is C21H18N4O3S. The standard InChI is InChI=1S/C21H18N4O3S/c1-28-18-10-6-5-9-15(18)16-13-29-21-23-20(24-25(16)21)22-19(27)12-11-17(26)14-7-3-2-4-8-14/h2-10,13H,11-12H2,1H3,(H,22,24,27). The molecule has 4 aromatic rings. The maximum atomic E-state index is 12.2. The average Bonchev–Trinajstić information content (AvgIpc) is 3.32. The lowest BCUT2D eigenvalue weighted by Crippen LogP contribution is -2.14. The van der Waals surface area contributed by atoms with E-state index in [4.69, 9.17) is 4.74 Å². The van der Waals surface area contributed by atoms with Crippen molar-refractivity contribution in [3.05, 3.63) is 65.5 Å². The predicted octanol–water partition coefficient (Wildman–Crippen LogP) is 4.07. The number of amides is 1. The molecule has 0 aliphatic heterocycles. The number of carbonyl (C=O) groups is 2. The number of ether oxygens (including phenoxy) is 1. The van der Waals surface area contributed by atoms with Crippen molar-refractivity contribution in [2.75, 3.05) is 12.4 Å². The predicted molar refractivity (Wildman–Crippen MR) is 111 cm³/mol. The molecule has 29 heavy (non-hydrogen) atoms. The van der Waals surface area contributed by atoms with E-state index in [0.717, 1.165) is 17.0 Å². The van der Waals surface area contributed by atoms with E-state index in [2.05, 4.69) is 15.4 Å². The number of aromatic nitrogens is 3. The molecule has 146 valence electrons. The summed E-state index contributed by atoms with van der Waals surface area (Å²) < 4.78 is 7.10. The van der Waals surface area contributed by atoms with E-state index >= 15 is 0 Å².